The fourth-order valence-corrected chi connectivity index (χ4v) is 2.35. The molecule has 0 amide bonds. The average molecular weight is 286 g/mol. The molecular weight excluding hydrogens is 268 g/mol. The van der Waals surface area contributed by atoms with Crippen LogP contribution in [0.3, 0.4) is 0 Å². The van der Waals surface area contributed by atoms with Crippen molar-refractivity contribution in [2.45, 2.75) is 19.8 Å². The molecule has 1 aromatic rings. The van der Waals surface area contributed by atoms with Gasteiger partial charge in [0.2, 0.25) is 0 Å². The summed E-state index contributed by atoms with van der Waals surface area (Å²) in [5, 5.41) is 11.3. The molecule has 0 fully saturated rings. The molecule has 8 heteroatoms. The number of hydrogen-bond acceptors (Lipinski definition) is 4. The van der Waals surface area contributed by atoms with E-state index in [1.807, 2.05) is 6.92 Å². The predicted molar refractivity (Wildman–Crippen MR) is 74.4 cm³/mol. The van der Waals surface area contributed by atoms with Crippen molar-refractivity contribution in [2.24, 2.45) is 10.9 Å². The molecule has 0 bridgehead atoms. The summed E-state index contributed by atoms with van der Waals surface area (Å²) in [5.74, 6) is 0.0953. The van der Waals surface area contributed by atoms with Crippen molar-refractivity contribution >= 4 is 21.7 Å². The van der Waals surface area contributed by atoms with E-state index in [-0.39, 0.29) is 5.84 Å². The van der Waals surface area contributed by atoms with Gasteiger partial charge in [0.1, 0.15) is 5.84 Å². The number of nitrogens with zero attached hydrogens (tertiary/aromatic N) is 1. The number of amidine groups is 1. The summed E-state index contributed by atoms with van der Waals surface area (Å²) in [4.78, 5) is 0. The average Bonchev–Trinajstić information content (AvgIpc) is 2.38. The number of anilines is 1. The first-order valence-corrected chi connectivity index (χ1v) is 7.28. The lowest BCUT2D eigenvalue weighted by molar-refractivity contribution is 0.317. The van der Waals surface area contributed by atoms with Crippen LogP contribution in [0.2, 0.25) is 0 Å². The molecule has 0 aromatic heterocycles. The van der Waals surface area contributed by atoms with Gasteiger partial charge in [-0.15, -0.1) is 0 Å². The highest BCUT2D eigenvalue weighted by Gasteiger charge is 2.08. The van der Waals surface area contributed by atoms with Gasteiger partial charge in [-0.25, -0.2) is 0 Å². The van der Waals surface area contributed by atoms with Gasteiger partial charge in [0.05, 0.1) is 0 Å². The van der Waals surface area contributed by atoms with Gasteiger partial charge >= 0.3 is 0 Å². The Morgan fingerprint density at radius 1 is 1.37 bits per heavy atom. The topological polar surface area (TPSA) is 117 Å². The van der Waals surface area contributed by atoms with Crippen LogP contribution in [0.25, 0.3) is 0 Å². The molecule has 0 saturated heterocycles. The fraction of sp³-hybridized carbons (Fsp3) is 0.364. The third-order valence-corrected chi connectivity index (χ3v) is 3.35. The first-order chi connectivity index (χ1) is 8.96. The highest BCUT2D eigenvalue weighted by molar-refractivity contribution is 7.90. The van der Waals surface area contributed by atoms with Crippen molar-refractivity contribution < 1.29 is 13.6 Å². The molecule has 0 radical (unpaired) electrons. The number of nitrogens with two attached hydrogens (primary N) is 1. The molecule has 0 aliphatic heterocycles. The van der Waals surface area contributed by atoms with Gasteiger partial charge in [-0.1, -0.05) is 24.2 Å². The fourth-order valence-electron chi connectivity index (χ4n) is 1.36. The second-order valence-corrected chi connectivity index (χ2v) is 5.46. The Kier molecular flexibility index (Phi) is 5.58. The van der Waals surface area contributed by atoms with Gasteiger partial charge in [0, 0.05) is 18.7 Å². The van der Waals surface area contributed by atoms with Gasteiger partial charge in [0.25, 0.3) is 10.2 Å². The zero-order chi connectivity index (χ0) is 14.3. The standard InChI is InChI=1S/C11H18N4O3S/c1-2-7-13-19(17,18)15-10-5-3-9(4-6-10)8-11(12)14-16/h3-6,13,15-16H,2,7-8H2,1H3,(H2,12,14). The largest absolute Gasteiger partial charge is 0.409 e. The van der Waals surface area contributed by atoms with Crippen molar-refractivity contribution in [3.63, 3.8) is 0 Å². The van der Waals surface area contributed by atoms with E-state index in [2.05, 4.69) is 14.6 Å². The minimum Gasteiger partial charge on any atom is -0.409 e. The molecule has 0 atom stereocenters. The highest BCUT2D eigenvalue weighted by Crippen LogP contribution is 2.11. The number of oxime groups is 1. The molecule has 0 unspecified atom stereocenters. The van der Waals surface area contributed by atoms with Crippen LogP contribution in [0.4, 0.5) is 5.69 Å². The number of hydrogen-bond donors (Lipinski definition) is 4. The van der Waals surface area contributed by atoms with Crippen molar-refractivity contribution in [3.8, 4) is 0 Å². The van der Waals surface area contributed by atoms with E-state index >= 15 is 0 Å². The van der Waals surface area contributed by atoms with Crippen LogP contribution in [0.1, 0.15) is 18.9 Å². The summed E-state index contributed by atoms with van der Waals surface area (Å²) in [6, 6.07) is 6.64. The lowest BCUT2D eigenvalue weighted by Crippen LogP contribution is -2.30. The smallest absolute Gasteiger partial charge is 0.299 e. The maximum atomic E-state index is 11.6. The van der Waals surface area contributed by atoms with Crippen LogP contribution in [0, 0.1) is 0 Å². The van der Waals surface area contributed by atoms with Crippen LogP contribution in [0.15, 0.2) is 29.4 Å². The lowest BCUT2D eigenvalue weighted by Gasteiger charge is -2.09. The SMILES string of the molecule is CCCNS(=O)(=O)Nc1ccc(C/C(N)=N/O)cc1. The van der Waals surface area contributed by atoms with Crippen LogP contribution in [-0.4, -0.2) is 26.0 Å². The summed E-state index contributed by atoms with van der Waals surface area (Å²) >= 11 is 0. The molecule has 0 saturated carbocycles. The van der Waals surface area contributed by atoms with Crippen molar-refractivity contribution in [1.82, 2.24) is 4.72 Å². The van der Waals surface area contributed by atoms with Crippen molar-refractivity contribution in [2.75, 3.05) is 11.3 Å². The molecular formula is C11H18N4O3S. The Hall–Kier alpha value is -1.80. The van der Waals surface area contributed by atoms with Crippen molar-refractivity contribution in [3.05, 3.63) is 29.8 Å². The second-order valence-electron chi connectivity index (χ2n) is 3.96. The molecule has 106 valence electrons. The number of rotatable bonds is 7. The molecule has 1 rings (SSSR count). The Morgan fingerprint density at radius 3 is 2.53 bits per heavy atom. The van der Waals surface area contributed by atoms with Crippen molar-refractivity contribution in [1.29, 1.82) is 0 Å². The van der Waals surface area contributed by atoms with Gasteiger partial charge in [0.15, 0.2) is 0 Å². The first-order valence-electron chi connectivity index (χ1n) is 5.79. The molecule has 0 heterocycles. The second kappa shape index (κ2) is 6.95. The third-order valence-electron chi connectivity index (χ3n) is 2.26. The minimum absolute atomic E-state index is 0.0953. The van der Waals surface area contributed by atoms with Gasteiger partial charge < -0.3 is 10.9 Å². The van der Waals surface area contributed by atoms with Gasteiger partial charge in [-0.05, 0) is 24.1 Å². The third kappa shape index (κ3) is 5.58. The van der Waals surface area contributed by atoms with E-state index in [0.29, 0.717) is 18.7 Å². The molecule has 0 aliphatic rings. The molecule has 7 nitrogen and oxygen atoms in total. The molecule has 0 aliphatic carbocycles. The Bertz CT molecular complexity index is 525. The molecule has 19 heavy (non-hydrogen) atoms. The number of nitrogens with one attached hydrogen (secondary N) is 2. The van der Waals surface area contributed by atoms with Gasteiger partial charge in [-0.2, -0.15) is 13.1 Å². The monoisotopic (exact) mass is 286 g/mol. The quantitative estimate of drug-likeness (QED) is 0.254. The first kappa shape index (κ1) is 15.3. The highest BCUT2D eigenvalue weighted by atomic mass is 32.2. The zero-order valence-corrected chi connectivity index (χ0v) is 11.4. The molecule has 5 N–H and O–H groups in total. The van der Waals surface area contributed by atoms with E-state index in [4.69, 9.17) is 10.9 Å². The summed E-state index contributed by atoms with van der Waals surface area (Å²) in [6.07, 6.45) is 1.03. The Labute approximate surface area is 112 Å². The summed E-state index contributed by atoms with van der Waals surface area (Å²) < 4.78 is 27.9. The maximum absolute atomic E-state index is 11.6. The summed E-state index contributed by atoms with van der Waals surface area (Å²) in [7, 11) is -3.53. The normalized spacial score (nSPS) is 12.4. The Balaban J connectivity index is 2.67. The predicted octanol–water partition coefficient (Wildman–Crippen LogP) is 0.632. The number of benzene rings is 1. The maximum Gasteiger partial charge on any atom is 0.299 e. The molecule has 0 spiro atoms. The zero-order valence-electron chi connectivity index (χ0n) is 10.6. The lowest BCUT2D eigenvalue weighted by atomic mass is 10.1. The van der Waals surface area contributed by atoms with E-state index in [1.165, 1.54) is 0 Å². The van der Waals surface area contributed by atoms with E-state index in [0.717, 1.165) is 12.0 Å². The Morgan fingerprint density at radius 2 is 2.00 bits per heavy atom. The van der Waals surface area contributed by atoms with E-state index < -0.39 is 10.2 Å². The van der Waals surface area contributed by atoms with Crippen LogP contribution < -0.4 is 15.2 Å². The minimum atomic E-state index is -3.53. The van der Waals surface area contributed by atoms with Gasteiger partial charge in [-0.3, -0.25) is 4.72 Å². The van der Waals surface area contributed by atoms with Crippen LogP contribution >= 0.6 is 0 Å². The van der Waals surface area contributed by atoms with E-state index in [1.54, 1.807) is 24.3 Å². The van der Waals surface area contributed by atoms with E-state index in [9.17, 15) is 8.42 Å². The van der Waals surface area contributed by atoms with Crippen LogP contribution in [-0.2, 0) is 16.6 Å². The molecule has 1 aromatic carbocycles. The van der Waals surface area contributed by atoms with Crippen LogP contribution in [0.5, 0.6) is 0 Å². The summed E-state index contributed by atoms with van der Waals surface area (Å²) in [5.41, 5.74) is 6.65. The summed E-state index contributed by atoms with van der Waals surface area (Å²) in [6.45, 7) is 2.27.